The minimum Gasteiger partial charge on any atom is -0.339 e. The quantitative estimate of drug-likeness (QED) is 0.801. The summed E-state index contributed by atoms with van der Waals surface area (Å²) in [7, 11) is 2.06. The van der Waals surface area contributed by atoms with Crippen molar-refractivity contribution in [3.8, 4) is 0 Å². The Balaban J connectivity index is 1.40. The largest absolute Gasteiger partial charge is 0.339 e. The van der Waals surface area contributed by atoms with Crippen molar-refractivity contribution in [2.75, 3.05) is 44.7 Å². The fraction of sp³-hybridized carbons (Fsp3) is 0.421. The highest BCUT2D eigenvalue weighted by molar-refractivity contribution is 5.76. The molecule has 1 aliphatic heterocycles. The van der Waals surface area contributed by atoms with Crippen LogP contribution in [0.1, 0.15) is 12.0 Å². The first-order valence-electron chi connectivity index (χ1n) is 8.74. The Hall–Kier alpha value is -2.47. The Morgan fingerprint density at radius 2 is 1.72 bits per heavy atom. The van der Waals surface area contributed by atoms with Crippen LogP contribution in [0.5, 0.6) is 0 Å². The molecular weight excluding hydrogens is 314 g/mol. The van der Waals surface area contributed by atoms with Crippen LogP contribution in [-0.2, 0) is 11.3 Å². The summed E-state index contributed by atoms with van der Waals surface area (Å²) in [5.74, 6) is 0.978. The normalized spacial score (nSPS) is 14.8. The van der Waals surface area contributed by atoms with E-state index in [0.29, 0.717) is 6.42 Å². The van der Waals surface area contributed by atoms with Gasteiger partial charge in [-0.3, -0.25) is 4.79 Å². The van der Waals surface area contributed by atoms with E-state index in [1.54, 1.807) is 12.4 Å². The highest BCUT2D eigenvalue weighted by atomic mass is 16.2. The maximum absolute atomic E-state index is 12.4. The highest BCUT2D eigenvalue weighted by Gasteiger charge is 2.22. The van der Waals surface area contributed by atoms with E-state index in [0.717, 1.165) is 45.2 Å². The summed E-state index contributed by atoms with van der Waals surface area (Å²) >= 11 is 0. The van der Waals surface area contributed by atoms with Gasteiger partial charge in [0.25, 0.3) is 0 Å². The van der Waals surface area contributed by atoms with Crippen LogP contribution in [0.3, 0.4) is 0 Å². The van der Waals surface area contributed by atoms with Gasteiger partial charge in [-0.25, -0.2) is 9.97 Å². The minimum absolute atomic E-state index is 0.230. The smallest absolute Gasteiger partial charge is 0.225 e. The van der Waals surface area contributed by atoms with Gasteiger partial charge in [-0.2, -0.15) is 0 Å². The summed E-state index contributed by atoms with van der Waals surface area (Å²) in [6.07, 6.45) is 4.07. The van der Waals surface area contributed by atoms with Crippen LogP contribution in [0, 0.1) is 0 Å². The molecule has 1 fully saturated rings. The second kappa shape index (κ2) is 8.58. The molecule has 0 atom stereocenters. The molecule has 0 radical (unpaired) electrons. The monoisotopic (exact) mass is 339 g/mol. The second-order valence-corrected chi connectivity index (χ2v) is 6.39. The molecule has 2 heterocycles. The number of rotatable bonds is 6. The molecule has 0 bridgehead atoms. The van der Waals surface area contributed by atoms with Crippen molar-refractivity contribution in [3.05, 3.63) is 54.4 Å². The molecule has 1 saturated heterocycles. The molecule has 1 amide bonds. The fourth-order valence-electron chi connectivity index (χ4n) is 3.03. The van der Waals surface area contributed by atoms with Crippen LogP contribution in [0.2, 0.25) is 0 Å². The van der Waals surface area contributed by atoms with Gasteiger partial charge in [-0.05, 0) is 18.7 Å². The lowest BCUT2D eigenvalue weighted by molar-refractivity contribution is -0.131. The summed E-state index contributed by atoms with van der Waals surface area (Å²) in [6.45, 7) is 4.69. The first kappa shape index (κ1) is 17.4. The van der Waals surface area contributed by atoms with Crippen LogP contribution in [0.25, 0.3) is 0 Å². The first-order chi connectivity index (χ1) is 12.2. The molecule has 1 aromatic carbocycles. The standard InChI is InChI=1S/C19H25N5O/c1-22(16-17-6-3-2-4-7-17)11-8-18(25)23-12-14-24(15-13-23)19-20-9-5-10-21-19/h2-7,9-10H,8,11-16H2,1H3. The summed E-state index contributed by atoms with van der Waals surface area (Å²) in [5.41, 5.74) is 1.27. The number of amides is 1. The highest BCUT2D eigenvalue weighted by Crippen LogP contribution is 2.11. The predicted molar refractivity (Wildman–Crippen MR) is 98.2 cm³/mol. The average molecular weight is 339 g/mol. The van der Waals surface area contributed by atoms with Crippen molar-refractivity contribution in [3.63, 3.8) is 0 Å². The van der Waals surface area contributed by atoms with E-state index in [2.05, 4.69) is 38.9 Å². The SMILES string of the molecule is CN(CCC(=O)N1CCN(c2ncccn2)CC1)Cc1ccccc1. The van der Waals surface area contributed by atoms with Crippen molar-refractivity contribution in [1.29, 1.82) is 0 Å². The molecule has 25 heavy (non-hydrogen) atoms. The summed E-state index contributed by atoms with van der Waals surface area (Å²) in [6, 6.07) is 12.2. The molecular formula is C19H25N5O. The zero-order valence-corrected chi connectivity index (χ0v) is 14.7. The molecule has 3 rings (SSSR count). The minimum atomic E-state index is 0.230. The Kier molecular flexibility index (Phi) is 5.95. The molecule has 132 valence electrons. The average Bonchev–Trinajstić information content (AvgIpc) is 2.68. The summed E-state index contributed by atoms with van der Waals surface area (Å²) in [4.78, 5) is 27.3. The van der Waals surface area contributed by atoms with Gasteiger partial charge in [-0.1, -0.05) is 30.3 Å². The lowest BCUT2D eigenvalue weighted by atomic mass is 10.2. The number of piperazine rings is 1. The third-order valence-electron chi connectivity index (χ3n) is 4.47. The molecule has 1 aliphatic rings. The van der Waals surface area contributed by atoms with Crippen molar-refractivity contribution < 1.29 is 4.79 Å². The Labute approximate surface area is 149 Å². The number of aromatic nitrogens is 2. The van der Waals surface area contributed by atoms with E-state index in [9.17, 15) is 4.79 Å². The van der Waals surface area contributed by atoms with Crippen LogP contribution in [0.15, 0.2) is 48.8 Å². The first-order valence-corrected chi connectivity index (χ1v) is 8.74. The van der Waals surface area contributed by atoms with Gasteiger partial charge in [0.2, 0.25) is 11.9 Å². The Bertz CT molecular complexity index is 656. The predicted octanol–water partition coefficient (Wildman–Crippen LogP) is 1.65. The lowest BCUT2D eigenvalue weighted by Gasteiger charge is -2.35. The van der Waals surface area contributed by atoms with E-state index < -0.39 is 0 Å². The molecule has 0 spiro atoms. The number of hydrogen-bond donors (Lipinski definition) is 0. The van der Waals surface area contributed by atoms with E-state index in [4.69, 9.17) is 0 Å². The van der Waals surface area contributed by atoms with E-state index in [-0.39, 0.29) is 5.91 Å². The maximum atomic E-state index is 12.4. The maximum Gasteiger partial charge on any atom is 0.225 e. The van der Waals surface area contributed by atoms with E-state index >= 15 is 0 Å². The van der Waals surface area contributed by atoms with Gasteiger partial charge >= 0.3 is 0 Å². The number of benzene rings is 1. The summed E-state index contributed by atoms with van der Waals surface area (Å²) in [5, 5.41) is 0. The van der Waals surface area contributed by atoms with Crippen molar-refractivity contribution >= 4 is 11.9 Å². The number of nitrogens with zero attached hydrogens (tertiary/aromatic N) is 5. The van der Waals surface area contributed by atoms with E-state index in [1.165, 1.54) is 5.56 Å². The fourth-order valence-corrected chi connectivity index (χ4v) is 3.03. The number of hydrogen-bond acceptors (Lipinski definition) is 5. The van der Waals surface area contributed by atoms with Crippen molar-refractivity contribution in [2.24, 2.45) is 0 Å². The molecule has 6 nitrogen and oxygen atoms in total. The molecule has 0 N–H and O–H groups in total. The van der Waals surface area contributed by atoms with Crippen molar-refractivity contribution in [1.82, 2.24) is 19.8 Å². The van der Waals surface area contributed by atoms with Crippen molar-refractivity contribution in [2.45, 2.75) is 13.0 Å². The lowest BCUT2D eigenvalue weighted by Crippen LogP contribution is -2.49. The third kappa shape index (κ3) is 5.00. The molecule has 0 unspecified atom stereocenters. The zero-order chi connectivity index (χ0) is 17.5. The van der Waals surface area contributed by atoms with Gasteiger partial charge in [0, 0.05) is 58.1 Å². The number of anilines is 1. The van der Waals surface area contributed by atoms with Gasteiger partial charge < -0.3 is 14.7 Å². The molecule has 1 aromatic heterocycles. The number of carbonyl (C=O) groups excluding carboxylic acids is 1. The molecule has 2 aromatic rings. The Morgan fingerprint density at radius 1 is 1.04 bits per heavy atom. The van der Waals surface area contributed by atoms with Gasteiger partial charge in [0.15, 0.2) is 0 Å². The summed E-state index contributed by atoms with van der Waals surface area (Å²) < 4.78 is 0. The third-order valence-corrected chi connectivity index (χ3v) is 4.47. The molecule has 6 heteroatoms. The topological polar surface area (TPSA) is 52.6 Å². The van der Waals surface area contributed by atoms with Crippen LogP contribution >= 0.6 is 0 Å². The van der Waals surface area contributed by atoms with E-state index in [1.807, 2.05) is 29.2 Å². The van der Waals surface area contributed by atoms with Crippen LogP contribution in [0.4, 0.5) is 5.95 Å². The molecule has 0 aliphatic carbocycles. The van der Waals surface area contributed by atoms with Crippen LogP contribution in [-0.4, -0.2) is 65.4 Å². The second-order valence-electron chi connectivity index (χ2n) is 6.39. The van der Waals surface area contributed by atoms with Gasteiger partial charge in [-0.15, -0.1) is 0 Å². The van der Waals surface area contributed by atoms with Gasteiger partial charge in [0.05, 0.1) is 0 Å². The van der Waals surface area contributed by atoms with Gasteiger partial charge in [0.1, 0.15) is 0 Å². The van der Waals surface area contributed by atoms with Crippen LogP contribution < -0.4 is 4.90 Å². The zero-order valence-electron chi connectivity index (χ0n) is 14.7. The number of carbonyl (C=O) groups is 1. The molecule has 0 saturated carbocycles. The Morgan fingerprint density at radius 3 is 2.40 bits per heavy atom.